The van der Waals surface area contributed by atoms with Gasteiger partial charge in [-0.15, -0.1) is 0 Å². The zero-order chi connectivity index (χ0) is 21.5. The number of benzene rings is 2. The quantitative estimate of drug-likeness (QED) is 0.651. The average Bonchev–Trinajstić information content (AvgIpc) is 3.12. The Morgan fingerprint density at radius 1 is 1.00 bits per heavy atom. The van der Waals surface area contributed by atoms with Gasteiger partial charge in [-0.1, -0.05) is 30.3 Å². The molecule has 3 amide bonds. The van der Waals surface area contributed by atoms with E-state index in [-0.39, 0.29) is 30.1 Å². The Hall–Kier alpha value is -3.35. The maximum atomic E-state index is 12.4. The predicted octanol–water partition coefficient (Wildman–Crippen LogP) is 1.65. The zero-order valence-electron chi connectivity index (χ0n) is 17.4. The molecule has 1 fully saturated rings. The number of hydrogen-bond acceptors (Lipinski definition) is 4. The lowest BCUT2D eigenvalue weighted by Gasteiger charge is -2.16. The molecule has 2 aromatic rings. The average molecular weight is 409 g/mol. The Morgan fingerprint density at radius 3 is 2.33 bits per heavy atom. The standard InChI is InChI=1S/C23H28N4O3/c1-26(2)20-10-8-18(9-11-20)22(29)24-12-13-25-23(30)19-14-21(28)27(16-19)15-17-6-4-3-5-7-17/h3-11,19H,12-16H2,1-2H3,(H,24,29)(H,25,30). The molecule has 1 unspecified atom stereocenters. The first-order valence-electron chi connectivity index (χ1n) is 10.1. The van der Waals surface area contributed by atoms with Crippen LogP contribution in [0.1, 0.15) is 22.3 Å². The molecule has 158 valence electrons. The van der Waals surface area contributed by atoms with Crippen LogP contribution < -0.4 is 15.5 Å². The Balaban J connectivity index is 1.39. The largest absolute Gasteiger partial charge is 0.378 e. The fourth-order valence-corrected chi connectivity index (χ4v) is 3.42. The predicted molar refractivity (Wildman–Crippen MR) is 116 cm³/mol. The van der Waals surface area contributed by atoms with Crippen LogP contribution in [0.5, 0.6) is 0 Å². The number of carbonyl (C=O) groups excluding carboxylic acids is 3. The number of anilines is 1. The van der Waals surface area contributed by atoms with E-state index in [1.54, 1.807) is 17.0 Å². The van der Waals surface area contributed by atoms with Crippen LogP contribution in [-0.2, 0) is 16.1 Å². The van der Waals surface area contributed by atoms with E-state index in [4.69, 9.17) is 0 Å². The zero-order valence-corrected chi connectivity index (χ0v) is 17.4. The molecule has 1 aliphatic rings. The summed E-state index contributed by atoms with van der Waals surface area (Å²) in [5.41, 5.74) is 2.64. The van der Waals surface area contributed by atoms with Gasteiger partial charge >= 0.3 is 0 Å². The van der Waals surface area contributed by atoms with Crippen LogP contribution in [-0.4, -0.2) is 56.4 Å². The molecule has 0 spiro atoms. The molecule has 3 rings (SSSR count). The summed E-state index contributed by atoms with van der Waals surface area (Å²) in [4.78, 5) is 40.5. The second-order valence-corrected chi connectivity index (χ2v) is 7.65. The summed E-state index contributed by atoms with van der Waals surface area (Å²) in [6.07, 6.45) is 0.225. The molecular weight excluding hydrogens is 380 g/mol. The Morgan fingerprint density at radius 2 is 1.67 bits per heavy atom. The van der Waals surface area contributed by atoms with Gasteiger partial charge in [0.05, 0.1) is 5.92 Å². The van der Waals surface area contributed by atoms with E-state index in [2.05, 4.69) is 10.6 Å². The number of likely N-dealkylation sites (tertiary alicyclic amines) is 1. The molecule has 1 saturated heterocycles. The number of amides is 3. The van der Waals surface area contributed by atoms with Crippen molar-refractivity contribution in [1.29, 1.82) is 0 Å². The minimum Gasteiger partial charge on any atom is -0.378 e. The fraction of sp³-hybridized carbons (Fsp3) is 0.348. The van der Waals surface area contributed by atoms with Gasteiger partial charge in [-0.05, 0) is 29.8 Å². The number of rotatable bonds is 8. The van der Waals surface area contributed by atoms with E-state index >= 15 is 0 Å². The molecule has 2 N–H and O–H groups in total. The minimum absolute atomic E-state index is 0.00604. The summed E-state index contributed by atoms with van der Waals surface area (Å²) in [5, 5.41) is 5.62. The Kier molecular flexibility index (Phi) is 7.06. The first-order valence-corrected chi connectivity index (χ1v) is 10.1. The van der Waals surface area contributed by atoms with Gasteiger partial charge in [0.25, 0.3) is 5.91 Å². The van der Waals surface area contributed by atoms with E-state index < -0.39 is 0 Å². The van der Waals surface area contributed by atoms with Crippen LogP contribution in [0.25, 0.3) is 0 Å². The summed E-state index contributed by atoms with van der Waals surface area (Å²) in [6, 6.07) is 17.1. The Labute approximate surface area is 177 Å². The van der Waals surface area contributed by atoms with Gasteiger partial charge in [-0.25, -0.2) is 0 Å². The first-order chi connectivity index (χ1) is 14.4. The number of nitrogens with one attached hydrogen (secondary N) is 2. The number of nitrogens with zero attached hydrogens (tertiary/aromatic N) is 2. The molecule has 1 atom stereocenters. The molecule has 0 aliphatic carbocycles. The highest BCUT2D eigenvalue weighted by Gasteiger charge is 2.33. The third kappa shape index (κ3) is 5.59. The molecule has 1 aliphatic heterocycles. The van der Waals surface area contributed by atoms with Crippen LogP contribution >= 0.6 is 0 Å². The van der Waals surface area contributed by atoms with Crippen molar-refractivity contribution in [3.63, 3.8) is 0 Å². The molecule has 0 bridgehead atoms. The SMILES string of the molecule is CN(C)c1ccc(C(=O)NCCNC(=O)C2CC(=O)N(Cc3ccccc3)C2)cc1. The van der Waals surface area contributed by atoms with Gasteiger partial charge in [0, 0.05) is 57.9 Å². The summed E-state index contributed by atoms with van der Waals surface area (Å²) in [6.45, 7) is 1.59. The van der Waals surface area contributed by atoms with Crippen molar-refractivity contribution in [2.24, 2.45) is 5.92 Å². The van der Waals surface area contributed by atoms with E-state index in [9.17, 15) is 14.4 Å². The van der Waals surface area contributed by atoms with E-state index in [1.807, 2.05) is 61.5 Å². The maximum absolute atomic E-state index is 12.4. The van der Waals surface area contributed by atoms with E-state index in [1.165, 1.54) is 0 Å². The molecule has 1 heterocycles. The number of hydrogen-bond donors (Lipinski definition) is 2. The summed E-state index contributed by atoms with van der Waals surface area (Å²) >= 11 is 0. The fourth-order valence-electron chi connectivity index (χ4n) is 3.42. The van der Waals surface area contributed by atoms with Crippen LogP contribution in [0, 0.1) is 5.92 Å². The van der Waals surface area contributed by atoms with Crippen LogP contribution in [0.3, 0.4) is 0 Å². The second-order valence-electron chi connectivity index (χ2n) is 7.65. The molecule has 30 heavy (non-hydrogen) atoms. The van der Waals surface area contributed by atoms with Crippen molar-refractivity contribution >= 4 is 23.4 Å². The highest BCUT2D eigenvalue weighted by molar-refractivity contribution is 5.94. The minimum atomic E-state index is -0.351. The normalized spacial score (nSPS) is 15.7. The lowest BCUT2D eigenvalue weighted by atomic mass is 10.1. The van der Waals surface area contributed by atoms with Crippen LogP contribution in [0.4, 0.5) is 5.69 Å². The van der Waals surface area contributed by atoms with Gasteiger partial charge in [0.2, 0.25) is 11.8 Å². The highest BCUT2D eigenvalue weighted by Crippen LogP contribution is 2.20. The second kappa shape index (κ2) is 9.91. The van der Waals surface area contributed by atoms with Crippen molar-refractivity contribution in [1.82, 2.24) is 15.5 Å². The van der Waals surface area contributed by atoms with Gasteiger partial charge < -0.3 is 20.4 Å². The molecule has 0 radical (unpaired) electrons. The van der Waals surface area contributed by atoms with Crippen molar-refractivity contribution < 1.29 is 14.4 Å². The maximum Gasteiger partial charge on any atom is 0.251 e. The van der Waals surface area contributed by atoms with Crippen LogP contribution in [0.15, 0.2) is 54.6 Å². The molecule has 7 nitrogen and oxygen atoms in total. The van der Waals surface area contributed by atoms with Crippen molar-refractivity contribution in [3.8, 4) is 0 Å². The highest BCUT2D eigenvalue weighted by atomic mass is 16.2. The Bertz CT molecular complexity index is 881. The van der Waals surface area contributed by atoms with Crippen molar-refractivity contribution in [2.75, 3.05) is 38.6 Å². The van der Waals surface area contributed by atoms with Gasteiger partial charge in [0.1, 0.15) is 0 Å². The third-order valence-electron chi connectivity index (χ3n) is 5.16. The number of carbonyl (C=O) groups is 3. The van der Waals surface area contributed by atoms with Gasteiger partial charge in [0.15, 0.2) is 0 Å². The molecular formula is C23H28N4O3. The lowest BCUT2D eigenvalue weighted by Crippen LogP contribution is -2.38. The smallest absolute Gasteiger partial charge is 0.251 e. The van der Waals surface area contributed by atoms with E-state index in [0.717, 1.165) is 11.3 Å². The van der Waals surface area contributed by atoms with Gasteiger partial charge in [-0.2, -0.15) is 0 Å². The first kappa shape index (κ1) is 21.4. The third-order valence-corrected chi connectivity index (χ3v) is 5.16. The monoisotopic (exact) mass is 408 g/mol. The van der Waals surface area contributed by atoms with Crippen molar-refractivity contribution in [2.45, 2.75) is 13.0 Å². The topological polar surface area (TPSA) is 81.8 Å². The van der Waals surface area contributed by atoms with Crippen molar-refractivity contribution in [3.05, 3.63) is 65.7 Å². The lowest BCUT2D eigenvalue weighted by molar-refractivity contribution is -0.129. The molecule has 7 heteroatoms. The van der Waals surface area contributed by atoms with E-state index in [0.29, 0.717) is 31.7 Å². The van der Waals surface area contributed by atoms with Crippen LogP contribution in [0.2, 0.25) is 0 Å². The summed E-state index contributed by atoms with van der Waals surface area (Å²) < 4.78 is 0. The van der Waals surface area contributed by atoms with Gasteiger partial charge in [-0.3, -0.25) is 14.4 Å². The summed E-state index contributed by atoms with van der Waals surface area (Å²) in [5.74, 6) is -0.688. The summed E-state index contributed by atoms with van der Waals surface area (Å²) in [7, 11) is 3.88. The molecule has 2 aromatic carbocycles. The molecule has 0 saturated carbocycles. The molecule has 0 aromatic heterocycles.